The lowest BCUT2D eigenvalue weighted by Gasteiger charge is -2.29. The van der Waals surface area contributed by atoms with E-state index < -0.39 is 5.92 Å². The summed E-state index contributed by atoms with van der Waals surface area (Å²) in [6.07, 6.45) is 2.78. The molecule has 0 radical (unpaired) electrons. The van der Waals surface area contributed by atoms with Crippen LogP contribution in [0.25, 0.3) is 0 Å². The van der Waals surface area contributed by atoms with Crippen LogP contribution in [0, 0.1) is 0 Å². The molecule has 0 atom stereocenters. The molecule has 100 valence electrons. The van der Waals surface area contributed by atoms with E-state index in [9.17, 15) is 8.78 Å². The highest BCUT2D eigenvalue weighted by Gasteiger charge is 2.34. The lowest BCUT2D eigenvalue weighted by Crippen LogP contribution is -2.32. The minimum atomic E-state index is -2.50. The van der Waals surface area contributed by atoms with Gasteiger partial charge in [0.15, 0.2) is 0 Å². The Morgan fingerprint density at radius 3 is 2.67 bits per heavy atom. The molecule has 1 fully saturated rings. The van der Waals surface area contributed by atoms with Gasteiger partial charge in [-0.25, -0.2) is 13.8 Å². The van der Waals surface area contributed by atoms with Crippen LogP contribution in [0.15, 0.2) is 17.0 Å². The van der Waals surface area contributed by atoms with Gasteiger partial charge in [-0.05, 0) is 31.2 Å². The molecule has 0 bridgehead atoms. The average Bonchev–Trinajstić information content (AvgIpc) is 2.31. The molecule has 0 saturated heterocycles. The topological polar surface area (TPSA) is 24.9 Å². The Morgan fingerprint density at radius 2 is 2.06 bits per heavy atom. The van der Waals surface area contributed by atoms with Crippen molar-refractivity contribution in [2.24, 2.45) is 0 Å². The summed E-state index contributed by atoms with van der Waals surface area (Å²) < 4.78 is 26.1. The molecule has 18 heavy (non-hydrogen) atoms. The number of anilines is 1. The van der Waals surface area contributed by atoms with Crippen LogP contribution in [-0.4, -0.2) is 23.2 Å². The monoisotopic (exact) mass is 292 g/mol. The number of nitrogens with one attached hydrogen (secondary N) is 1. The van der Waals surface area contributed by atoms with Crippen LogP contribution in [0.3, 0.4) is 0 Å². The number of pyridine rings is 1. The average molecular weight is 293 g/mol. The van der Waals surface area contributed by atoms with Crippen molar-refractivity contribution in [1.82, 2.24) is 4.98 Å². The van der Waals surface area contributed by atoms with Crippen LogP contribution >= 0.6 is 23.4 Å². The third-order valence-corrected chi connectivity index (χ3v) is 3.97. The second kappa shape index (κ2) is 5.61. The maximum absolute atomic E-state index is 13.0. The van der Waals surface area contributed by atoms with Gasteiger partial charge in [0.2, 0.25) is 5.92 Å². The predicted octanol–water partition coefficient (Wildman–Crippen LogP) is 4.45. The molecule has 6 heteroatoms. The zero-order chi connectivity index (χ0) is 13.2. The summed E-state index contributed by atoms with van der Waals surface area (Å²) in [5.41, 5.74) is 0. The lowest BCUT2D eigenvalue weighted by molar-refractivity contribution is -0.0361. The van der Waals surface area contributed by atoms with Crippen molar-refractivity contribution in [1.29, 1.82) is 0 Å². The van der Waals surface area contributed by atoms with E-state index in [2.05, 4.69) is 10.3 Å². The van der Waals surface area contributed by atoms with Crippen LogP contribution in [0.1, 0.15) is 25.7 Å². The zero-order valence-electron chi connectivity index (χ0n) is 10.0. The number of nitrogens with zero attached hydrogens (tertiary/aromatic N) is 1. The first-order chi connectivity index (χ1) is 8.48. The molecule has 0 aliphatic heterocycles. The summed E-state index contributed by atoms with van der Waals surface area (Å²) in [6.45, 7) is 0. The molecule has 0 aromatic carbocycles. The maximum Gasteiger partial charge on any atom is 0.248 e. The fraction of sp³-hybridized carbons (Fsp3) is 0.583. The fourth-order valence-electron chi connectivity index (χ4n) is 2.06. The van der Waals surface area contributed by atoms with Gasteiger partial charge >= 0.3 is 0 Å². The summed E-state index contributed by atoms with van der Waals surface area (Å²) in [5.74, 6) is -1.83. The summed E-state index contributed by atoms with van der Waals surface area (Å²) in [4.78, 5) is 5.18. The van der Waals surface area contributed by atoms with Crippen molar-refractivity contribution in [2.75, 3.05) is 11.6 Å². The van der Waals surface area contributed by atoms with E-state index in [1.54, 1.807) is 17.8 Å². The Labute approximate surface area is 115 Å². The number of halogens is 3. The lowest BCUT2D eigenvalue weighted by atomic mass is 9.92. The molecular formula is C12H15ClF2N2S. The number of aromatic nitrogens is 1. The highest BCUT2D eigenvalue weighted by molar-refractivity contribution is 7.98. The Morgan fingerprint density at radius 1 is 1.39 bits per heavy atom. The molecular weight excluding hydrogens is 278 g/mol. The first-order valence-electron chi connectivity index (χ1n) is 5.84. The van der Waals surface area contributed by atoms with Crippen molar-refractivity contribution in [3.8, 4) is 0 Å². The quantitative estimate of drug-likeness (QED) is 0.658. The molecule has 1 heterocycles. The van der Waals surface area contributed by atoms with E-state index in [1.165, 1.54) is 0 Å². The molecule has 1 N–H and O–H groups in total. The summed E-state index contributed by atoms with van der Waals surface area (Å²) >= 11 is 7.48. The van der Waals surface area contributed by atoms with Gasteiger partial charge in [-0.15, -0.1) is 11.8 Å². The highest BCUT2D eigenvalue weighted by atomic mass is 35.5. The molecule has 1 saturated carbocycles. The summed E-state index contributed by atoms with van der Waals surface area (Å²) in [6, 6.07) is 3.74. The maximum atomic E-state index is 13.0. The SMILES string of the molecule is CSc1cc(Cl)nc(NC2CCC(F)(F)CC2)c1. The van der Waals surface area contributed by atoms with Gasteiger partial charge in [0.25, 0.3) is 0 Å². The second-order valence-corrected chi connectivity index (χ2v) is 5.76. The summed E-state index contributed by atoms with van der Waals surface area (Å²) in [7, 11) is 0. The molecule has 2 rings (SSSR count). The van der Waals surface area contributed by atoms with E-state index >= 15 is 0 Å². The molecule has 0 spiro atoms. The summed E-state index contributed by atoms with van der Waals surface area (Å²) in [5, 5.41) is 3.61. The Bertz CT molecular complexity index is 419. The molecule has 0 amide bonds. The van der Waals surface area contributed by atoms with Gasteiger partial charge in [-0.1, -0.05) is 11.6 Å². The van der Waals surface area contributed by atoms with E-state index in [4.69, 9.17) is 11.6 Å². The Hall–Kier alpha value is -0.550. The third-order valence-electron chi connectivity index (χ3n) is 3.07. The third kappa shape index (κ3) is 3.72. The van der Waals surface area contributed by atoms with Crippen LogP contribution in [0.4, 0.5) is 14.6 Å². The number of alkyl halides is 2. The number of hydrogen-bond donors (Lipinski definition) is 1. The van der Waals surface area contributed by atoms with Crippen LogP contribution in [0.2, 0.25) is 5.15 Å². The van der Waals surface area contributed by atoms with Crippen LogP contribution in [-0.2, 0) is 0 Å². The molecule has 2 nitrogen and oxygen atoms in total. The molecule has 1 aliphatic carbocycles. The van der Waals surface area contributed by atoms with Crippen molar-refractivity contribution >= 4 is 29.2 Å². The Balaban J connectivity index is 2.00. The molecule has 0 unspecified atom stereocenters. The first kappa shape index (κ1) is 13.9. The van der Waals surface area contributed by atoms with Gasteiger partial charge in [0, 0.05) is 23.8 Å². The molecule has 1 aromatic rings. The normalized spacial score (nSPS) is 19.8. The van der Waals surface area contributed by atoms with E-state index in [-0.39, 0.29) is 18.9 Å². The van der Waals surface area contributed by atoms with Gasteiger partial charge < -0.3 is 5.32 Å². The first-order valence-corrected chi connectivity index (χ1v) is 7.45. The van der Waals surface area contributed by atoms with Crippen molar-refractivity contribution < 1.29 is 8.78 Å². The predicted molar refractivity (Wildman–Crippen MR) is 71.9 cm³/mol. The van der Waals surface area contributed by atoms with Crippen LogP contribution < -0.4 is 5.32 Å². The van der Waals surface area contributed by atoms with E-state index in [0.29, 0.717) is 23.8 Å². The van der Waals surface area contributed by atoms with Gasteiger partial charge in [0.1, 0.15) is 11.0 Å². The van der Waals surface area contributed by atoms with Crippen LogP contribution in [0.5, 0.6) is 0 Å². The second-order valence-electron chi connectivity index (χ2n) is 4.49. The van der Waals surface area contributed by atoms with E-state index in [0.717, 1.165) is 4.90 Å². The Kier molecular flexibility index (Phi) is 4.33. The molecule has 1 aliphatic rings. The molecule has 1 aromatic heterocycles. The minimum Gasteiger partial charge on any atom is -0.367 e. The fourth-order valence-corrected chi connectivity index (χ4v) is 2.79. The number of hydrogen-bond acceptors (Lipinski definition) is 3. The largest absolute Gasteiger partial charge is 0.367 e. The smallest absolute Gasteiger partial charge is 0.248 e. The van der Waals surface area contributed by atoms with Crippen molar-refractivity contribution in [3.05, 3.63) is 17.3 Å². The van der Waals surface area contributed by atoms with Crippen molar-refractivity contribution in [3.63, 3.8) is 0 Å². The van der Waals surface area contributed by atoms with Gasteiger partial charge in [0.05, 0.1) is 0 Å². The highest BCUT2D eigenvalue weighted by Crippen LogP contribution is 2.34. The number of thioether (sulfide) groups is 1. The minimum absolute atomic E-state index is 0.0549. The van der Waals surface area contributed by atoms with Gasteiger partial charge in [-0.3, -0.25) is 0 Å². The number of rotatable bonds is 3. The standard InChI is InChI=1S/C12H15ClF2N2S/c1-18-9-6-10(13)17-11(7-9)16-8-2-4-12(14,15)5-3-8/h6-8H,2-5H2,1H3,(H,16,17). The zero-order valence-corrected chi connectivity index (χ0v) is 11.6. The van der Waals surface area contributed by atoms with Gasteiger partial charge in [-0.2, -0.15) is 0 Å². The van der Waals surface area contributed by atoms with Crippen molar-refractivity contribution in [2.45, 2.75) is 42.5 Å². The van der Waals surface area contributed by atoms with E-state index in [1.807, 2.05) is 12.3 Å².